The predicted octanol–water partition coefficient (Wildman–Crippen LogP) is 8.41. The van der Waals surface area contributed by atoms with Gasteiger partial charge in [0.15, 0.2) is 0 Å². The molecule has 7 aromatic rings. The van der Waals surface area contributed by atoms with Gasteiger partial charge in [-0.25, -0.2) is 14.8 Å². The number of rotatable bonds is 13. The molecule has 13 nitrogen and oxygen atoms in total. The molecular formula is C46H42N8O5. The maximum absolute atomic E-state index is 13.8. The molecule has 13 heteroatoms. The van der Waals surface area contributed by atoms with Crippen LogP contribution in [0, 0.1) is 11.3 Å². The van der Waals surface area contributed by atoms with E-state index in [0.717, 1.165) is 46.3 Å². The summed E-state index contributed by atoms with van der Waals surface area (Å²) in [5.74, 6) is 1.54. The second kappa shape index (κ2) is 17.0. The van der Waals surface area contributed by atoms with Crippen LogP contribution >= 0.6 is 0 Å². The summed E-state index contributed by atoms with van der Waals surface area (Å²) in [6, 6.07) is 32.8. The number of carbonyl (C=O) groups excluding carboxylic acids is 2. The Morgan fingerprint density at radius 1 is 0.949 bits per heavy atom. The molecule has 4 N–H and O–H groups in total. The number of hydrogen-bond acceptors (Lipinski definition) is 7. The number of carbonyl (C=O) groups is 3. The lowest BCUT2D eigenvalue weighted by Crippen LogP contribution is -2.42. The lowest BCUT2D eigenvalue weighted by molar-refractivity contribution is -0.134. The summed E-state index contributed by atoms with van der Waals surface area (Å²) < 4.78 is 6.26. The highest BCUT2D eigenvalue weighted by atomic mass is 16.4. The molecule has 296 valence electrons. The summed E-state index contributed by atoms with van der Waals surface area (Å²) in [5.41, 5.74) is 6.41. The first kappa shape index (κ1) is 38.4. The van der Waals surface area contributed by atoms with Gasteiger partial charge in [-0.15, -0.1) is 0 Å². The lowest BCUT2D eigenvalue weighted by Gasteiger charge is -2.28. The molecule has 59 heavy (non-hydrogen) atoms. The van der Waals surface area contributed by atoms with Crippen LogP contribution in [0.25, 0.3) is 44.8 Å². The van der Waals surface area contributed by atoms with Crippen LogP contribution in [0.4, 0.5) is 4.79 Å². The molecule has 1 aliphatic rings. The van der Waals surface area contributed by atoms with Crippen molar-refractivity contribution in [1.82, 2.24) is 35.1 Å². The first-order chi connectivity index (χ1) is 28.8. The molecule has 8 rings (SSSR count). The van der Waals surface area contributed by atoms with Crippen molar-refractivity contribution in [3.63, 3.8) is 0 Å². The summed E-state index contributed by atoms with van der Waals surface area (Å²) in [5, 5.41) is 23.0. The van der Waals surface area contributed by atoms with Crippen molar-refractivity contribution >= 4 is 28.9 Å². The number of amides is 3. The number of imidazole rings is 2. The number of fused-ring (bicyclic) bond motifs is 1. The largest absolute Gasteiger partial charge is 0.465 e. The number of furan rings is 1. The summed E-state index contributed by atoms with van der Waals surface area (Å²) in [6.07, 6.45) is 4.78. The molecule has 4 heterocycles. The standard InChI is InChI=1S/C46H42N8O5/c1-2-19-53(42(55)21-29-10-5-3-6-11-29)28-41-48-26-36(50-41)31-15-17-35(34(23-31)25-47)40-24-33-22-32(16-18-39(33)59-40)37-27-49-44(51-37)38-14-9-20-54(38)45(56)43(52-46(57)58)30-12-7-4-8-13-30/h3-8,10-13,15-18,22-24,26-27,38,43,52H,2,9,14,19-21,28H2,1H3,(H,48,50)(H,49,51)(H,57,58). The lowest BCUT2D eigenvalue weighted by atomic mass is 10.0. The van der Waals surface area contributed by atoms with Crippen LogP contribution in [0.15, 0.2) is 120 Å². The highest BCUT2D eigenvalue weighted by Gasteiger charge is 2.37. The fraction of sp³-hybridized carbons (Fsp3) is 0.217. The highest BCUT2D eigenvalue weighted by Crippen LogP contribution is 2.36. The monoisotopic (exact) mass is 786 g/mol. The molecule has 1 aliphatic heterocycles. The zero-order chi connectivity index (χ0) is 40.9. The number of H-pyrrole nitrogens is 2. The molecule has 0 aliphatic carbocycles. The van der Waals surface area contributed by atoms with Gasteiger partial charge in [-0.3, -0.25) is 9.59 Å². The Bertz CT molecular complexity index is 2660. The van der Waals surface area contributed by atoms with E-state index in [4.69, 9.17) is 4.42 Å². The average Bonchev–Trinajstić information content (AvgIpc) is 4.10. The fourth-order valence-corrected chi connectivity index (χ4v) is 7.77. The molecule has 2 unspecified atom stereocenters. The number of hydrogen-bond donors (Lipinski definition) is 4. The van der Waals surface area contributed by atoms with E-state index in [9.17, 15) is 24.8 Å². The Hall–Kier alpha value is -7.46. The predicted molar refractivity (Wildman–Crippen MR) is 221 cm³/mol. The van der Waals surface area contributed by atoms with Crippen molar-refractivity contribution in [2.24, 2.45) is 0 Å². The van der Waals surface area contributed by atoms with E-state index in [2.05, 4.69) is 31.3 Å². The van der Waals surface area contributed by atoms with E-state index in [1.165, 1.54) is 0 Å². The van der Waals surface area contributed by atoms with Crippen molar-refractivity contribution < 1.29 is 23.9 Å². The molecule has 1 saturated heterocycles. The number of aromatic nitrogens is 4. The smallest absolute Gasteiger partial charge is 0.405 e. The van der Waals surface area contributed by atoms with Crippen molar-refractivity contribution in [3.05, 3.63) is 144 Å². The van der Waals surface area contributed by atoms with Gasteiger partial charge >= 0.3 is 6.09 Å². The van der Waals surface area contributed by atoms with Crippen LogP contribution in [0.5, 0.6) is 0 Å². The number of nitriles is 1. The van der Waals surface area contributed by atoms with Crippen LogP contribution < -0.4 is 5.32 Å². The summed E-state index contributed by atoms with van der Waals surface area (Å²) in [6.45, 7) is 3.49. The topological polar surface area (TPSA) is 184 Å². The van der Waals surface area contributed by atoms with E-state index in [1.807, 2.05) is 84.6 Å². The molecular weight excluding hydrogens is 745 g/mol. The first-order valence-corrected chi connectivity index (χ1v) is 19.6. The zero-order valence-corrected chi connectivity index (χ0v) is 32.4. The van der Waals surface area contributed by atoms with Gasteiger partial charge in [-0.05, 0) is 66.8 Å². The molecule has 1 fully saturated rings. The first-order valence-electron chi connectivity index (χ1n) is 19.6. The molecule has 0 bridgehead atoms. The summed E-state index contributed by atoms with van der Waals surface area (Å²) in [4.78, 5) is 58.1. The van der Waals surface area contributed by atoms with Crippen LogP contribution in [0.1, 0.15) is 66.6 Å². The van der Waals surface area contributed by atoms with E-state index in [0.29, 0.717) is 72.2 Å². The Kier molecular flexibility index (Phi) is 11.0. The van der Waals surface area contributed by atoms with Gasteiger partial charge in [0.25, 0.3) is 5.91 Å². The van der Waals surface area contributed by atoms with Gasteiger partial charge < -0.3 is 34.6 Å². The minimum absolute atomic E-state index is 0.0367. The number of benzene rings is 4. The molecule has 3 aromatic heterocycles. The summed E-state index contributed by atoms with van der Waals surface area (Å²) in [7, 11) is 0. The van der Waals surface area contributed by atoms with Crippen molar-refractivity contribution in [3.8, 4) is 39.9 Å². The van der Waals surface area contributed by atoms with Crippen molar-refractivity contribution in [2.45, 2.75) is 51.2 Å². The van der Waals surface area contributed by atoms with Gasteiger partial charge in [-0.2, -0.15) is 5.26 Å². The van der Waals surface area contributed by atoms with Gasteiger partial charge in [0.05, 0.1) is 54.4 Å². The number of likely N-dealkylation sites (tertiary alicyclic amines) is 1. The van der Waals surface area contributed by atoms with Gasteiger partial charge in [0, 0.05) is 35.2 Å². The van der Waals surface area contributed by atoms with Gasteiger partial charge in [0.1, 0.15) is 29.0 Å². The third-order valence-corrected chi connectivity index (χ3v) is 10.7. The second-order valence-electron chi connectivity index (χ2n) is 14.6. The number of nitrogens with one attached hydrogen (secondary N) is 3. The average molecular weight is 787 g/mol. The summed E-state index contributed by atoms with van der Waals surface area (Å²) >= 11 is 0. The Balaban J connectivity index is 0.978. The van der Waals surface area contributed by atoms with E-state index >= 15 is 0 Å². The quantitative estimate of drug-likeness (QED) is 0.0898. The fourth-order valence-electron chi connectivity index (χ4n) is 7.77. The third-order valence-electron chi connectivity index (χ3n) is 10.7. The number of carboxylic acid groups (broad SMARTS) is 1. The molecule has 0 saturated carbocycles. The molecule has 0 spiro atoms. The minimum Gasteiger partial charge on any atom is -0.465 e. The van der Waals surface area contributed by atoms with Crippen molar-refractivity contribution in [1.29, 1.82) is 5.26 Å². The molecule has 4 aromatic carbocycles. The van der Waals surface area contributed by atoms with E-state index in [1.54, 1.807) is 47.6 Å². The van der Waals surface area contributed by atoms with E-state index < -0.39 is 12.1 Å². The maximum atomic E-state index is 13.8. The van der Waals surface area contributed by atoms with Gasteiger partial charge in [0.2, 0.25) is 5.91 Å². The normalized spacial score (nSPS) is 14.2. The van der Waals surface area contributed by atoms with Gasteiger partial charge in [-0.1, -0.05) is 73.7 Å². The SMILES string of the molecule is CCCN(Cc1ncc(-c2ccc(-c3cc4cc(-c5cnc(C6CCCN6C(=O)C(NC(=O)O)c6ccccc6)[nH]5)ccc4o3)c(C#N)c2)[nH]1)C(=O)Cc1ccccc1. The van der Waals surface area contributed by atoms with E-state index in [-0.39, 0.29) is 17.9 Å². The zero-order valence-electron chi connectivity index (χ0n) is 32.4. The van der Waals surface area contributed by atoms with Crippen LogP contribution in [0.2, 0.25) is 0 Å². The maximum Gasteiger partial charge on any atom is 0.405 e. The van der Waals surface area contributed by atoms with Crippen LogP contribution in [-0.4, -0.2) is 65.8 Å². The minimum atomic E-state index is -1.27. The highest BCUT2D eigenvalue weighted by molar-refractivity contribution is 5.89. The third kappa shape index (κ3) is 8.33. The molecule has 2 atom stereocenters. The Morgan fingerprint density at radius 2 is 1.68 bits per heavy atom. The van der Waals surface area contributed by atoms with Crippen LogP contribution in [0.3, 0.4) is 0 Å². The number of aromatic amines is 2. The second-order valence-corrected chi connectivity index (χ2v) is 14.6. The Morgan fingerprint density at radius 3 is 2.44 bits per heavy atom. The van der Waals surface area contributed by atoms with Crippen molar-refractivity contribution in [2.75, 3.05) is 13.1 Å². The molecule has 3 amide bonds. The van der Waals surface area contributed by atoms with Crippen LogP contribution in [-0.2, 0) is 22.6 Å². The molecule has 0 radical (unpaired) electrons. The number of nitrogens with zero attached hydrogens (tertiary/aromatic N) is 5. The Labute approximate surface area is 340 Å².